The predicted molar refractivity (Wildman–Crippen MR) is 91.1 cm³/mol. The highest BCUT2D eigenvalue weighted by Crippen LogP contribution is 2.41. The highest BCUT2D eigenvalue weighted by Gasteiger charge is 2.31. The summed E-state index contributed by atoms with van der Waals surface area (Å²) in [6.45, 7) is 2.86. The molecule has 0 amide bonds. The number of aryl methyl sites for hydroxylation is 1. The molecule has 3 heterocycles. The minimum absolute atomic E-state index is 0.323. The number of halogens is 1. The summed E-state index contributed by atoms with van der Waals surface area (Å²) >= 11 is 6.20. The Bertz CT molecular complexity index is 870. The Labute approximate surface area is 144 Å². The molecule has 0 saturated heterocycles. The van der Waals surface area contributed by atoms with Gasteiger partial charge < -0.3 is 9.88 Å². The zero-order chi connectivity index (χ0) is 16.7. The van der Waals surface area contributed by atoms with Crippen molar-refractivity contribution in [2.75, 3.05) is 11.9 Å². The SMILES string of the molecule is CCNc1cc(Cl)nc2c1ncn2[C@H]1CC[C@@H](c2nnn(C)n2)C1. The zero-order valence-corrected chi connectivity index (χ0v) is 14.4. The Balaban J connectivity index is 1.65. The molecule has 9 heteroatoms. The van der Waals surface area contributed by atoms with Crippen LogP contribution in [0.5, 0.6) is 0 Å². The Morgan fingerprint density at radius 3 is 3.00 bits per heavy atom. The van der Waals surface area contributed by atoms with Gasteiger partial charge in [0.2, 0.25) is 0 Å². The van der Waals surface area contributed by atoms with E-state index in [1.165, 1.54) is 4.80 Å². The number of nitrogens with zero attached hydrogens (tertiary/aromatic N) is 7. The first kappa shape index (κ1) is 15.3. The summed E-state index contributed by atoms with van der Waals surface area (Å²) in [6, 6.07) is 2.15. The maximum Gasteiger partial charge on any atom is 0.177 e. The number of fused-ring (bicyclic) bond motifs is 1. The average Bonchev–Trinajstić information content (AvgIpc) is 3.25. The van der Waals surface area contributed by atoms with Crippen molar-refractivity contribution in [3.8, 4) is 0 Å². The van der Waals surface area contributed by atoms with Crippen molar-refractivity contribution in [3.63, 3.8) is 0 Å². The van der Waals surface area contributed by atoms with E-state index in [0.717, 1.165) is 48.5 Å². The number of aromatic nitrogens is 7. The van der Waals surface area contributed by atoms with Crippen LogP contribution in [-0.4, -0.2) is 41.3 Å². The molecule has 8 nitrogen and oxygen atoms in total. The number of hydrogen-bond acceptors (Lipinski definition) is 6. The molecule has 0 spiro atoms. The average molecular weight is 347 g/mol. The number of nitrogens with one attached hydrogen (secondary N) is 1. The third kappa shape index (κ3) is 2.60. The number of tetrazole rings is 1. The summed E-state index contributed by atoms with van der Waals surface area (Å²) < 4.78 is 2.14. The van der Waals surface area contributed by atoms with Gasteiger partial charge >= 0.3 is 0 Å². The van der Waals surface area contributed by atoms with Gasteiger partial charge in [0.15, 0.2) is 11.5 Å². The summed E-state index contributed by atoms with van der Waals surface area (Å²) in [5.74, 6) is 1.15. The lowest BCUT2D eigenvalue weighted by Gasteiger charge is -2.13. The van der Waals surface area contributed by atoms with Crippen LogP contribution in [0.3, 0.4) is 0 Å². The summed E-state index contributed by atoms with van der Waals surface area (Å²) in [5.41, 5.74) is 2.62. The van der Waals surface area contributed by atoms with E-state index < -0.39 is 0 Å². The fraction of sp³-hybridized carbons (Fsp3) is 0.533. The van der Waals surface area contributed by atoms with Crippen LogP contribution in [0, 0.1) is 0 Å². The van der Waals surface area contributed by atoms with Gasteiger partial charge in [-0.25, -0.2) is 9.97 Å². The molecule has 3 aromatic heterocycles. The Hall–Kier alpha value is -2.22. The van der Waals surface area contributed by atoms with Crippen molar-refractivity contribution in [3.05, 3.63) is 23.4 Å². The molecule has 2 atom stereocenters. The van der Waals surface area contributed by atoms with E-state index in [9.17, 15) is 0 Å². The van der Waals surface area contributed by atoms with Gasteiger partial charge in [0.1, 0.15) is 10.7 Å². The van der Waals surface area contributed by atoms with Crippen molar-refractivity contribution in [1.82, 2.24) is 34.7 Å². The summed E-state index contributed by atoms with van der Waals surface area (Å²) in [5, 5.41) is 16.2. The molecule has 1 aliphatic carbocycles. The van der Waals surface area contributed by atoms with E-state index in [1.54, 1.807) is 7.05 Å². The number of rotatable bonds is 4. The van der Waals surface area contributed by atoms with Gasteiger partial charge in [-0.3, -0.25) is 0 Å². The lowest BCUT2D eigenvalue weighted by atomic mass is 10.1. The molecule has 0 bridgehead atoms. The molecule has 4 rings (SSSR count). The first-order chi connectivity index (χ1) is 11.7. The fourth-order valence-electron chi connectivity index (χ4n) is 3.48. The van der Waals surface area contributed by atoms with Gasteiger partial charge in [-0.05, 0) is 31.4 Å². The standard InChI is InChI=1S/C15H19ClN8/c1-3-17-11-7-12(16)19-15-13(11)18-8-24(15)10-5-4-9(6-10)14-20-22-23(2)21-14/h7-10H,3-6H2,1-2H3,(H,17,19)/t9-,10+/m1/s1. The van der Waals surface area contributed by atoms with Gasteiger partial charge in [-0.15, -0.1) is 10.2 Å². The molecule has 126 valence electrons. The van der Waals surface area contributed by atoms with E-state index in [2.05, 4.69) is 35.3 Å². The molecule has 0 aliphatic heterocycles. The predicted octanol–water partition coefficient (Wildman–Crippen LogP) is 2.55. The molecule has 0 radical (unpaired) electrons. The number of hydrogen-bond donors (Lipinski definition) is 1. The first-order valence-electron chi connectivity index (χ1n) is 8.16. The molecule has 3 aromatic rings. The molecule has 0 aromatic carbocycles. The van der Waals surface area contributed by atoms with Crippen LogP contribution >= 0.6 is 11.6 Å². The third-order valence-corrected chi connectivity index (χ3v) is 4.75. The summed E-state index contributed by atoms with van der Waals surface area (Å²) in [4.78, 5) is 10.6. The number of pyridine rings is 1. The minimum atomic E-state index is 0.323. The van der Waals surface area contributed by atoms with Crippen LogP contribution in [0.1, 0.15) is 44.0 Å². The van der Waals surface area contributed by atoms with Crippen molar-refractivity contribution < 1.29 is 0 Å². The highest BCUT2D eigenvalue weighted by molar-refractivity contribution is 6.30. The molecule has 1 saturated carbocycles. The lowest BCUT2D eigenvalue weighted by Crippen LogP contribution is -2.06. The quantitative estimate of drug-likeness (QED) is 0.730. The normalized spacial score (nSPS) is 20.8. The topological polar surface area (TPSA) is 86.3 Å². The first-order valence-corrected chi connectivity index (χ1v) is 8.54. The summed E-state index contributed by atoms with van der Waals surface area (Å²) in [7, 11) is 1.79. The van der Waals surface area contributed by atoms with Crippen molar-refractivity contribution in [2.45, 2.75) is 38.1 Å². The zero-order valence-electron chi connectivity index (χ0n) is 13.6. The minimum Gasteiger partial charge on any atom is -0.383 e. The van der Waals surface area contributed by atoms with Crippen molar-refractivity contribution in [1.29, 1.82) is 0 Å². The molecular weight excluding hydrogens is 328 g/mol. The van der Waals surface area contributed by atoms with Crippen LogP contribution in [-0.2, 0) is 7.05 Å². The van der Waals surface area contributed by atoms with Gasteiger partial charge in [-0.2, -0.15) is 4.80 Å². The Kier molecular flexibility index (Phi) is 3.84. The lowest BCUT2D eigenvalue weighted by molar-refractivity contribution is 0.515. The molecular formula is C15H19ClN8. The van der Waals surface area contributed by atoms with E-state index in [0.29, 0.717) is 17.1 Å². The monoisotopic (exact) mass is 346 g/mol. The smallest absolute Gasteiger partial charge is 0.177 e. The van der Waals surface area contributed by atoms with Gasteiger partial charge in [0.05, 0.1) is 19.1 Å². The van der Waals surface area contributed by atoms with E-state index >= 15 is 0 Å². The van der Waals surface area contributed by atoms with E-state index in [1.807, 2.05) is 19.3 Å². The third-order valence-electron chi connectivity index (χ3n) is 4.55. The van der Waals surface area contributed by atoms with E-state index in [4.69, 9.17) is 11.6 Å². The van der Waals surface area contributed by atoms with E-state index in [-0.39, 0.29) is 0 Å². The van der Waals surface area contributed by atoms with Crippen LogP contribution in [0.2, 0.25) is 5.15 Å². The maximum absolute atomic E-state index is 6.20. The van der Waals surface area contributed by atoms with Crippen LogP contribution in [0.15, 0.2) is 12.4 Å². The second-order valence-electron chi connectivity index (χ2n) is 6.15. The molecule has 0 unspecified atom stereocenters. The Morgan fingerprint density at radius 2 is 2.25 bits per heavy atom. The number of anilines is 1. The van der Waals surface area contributed by atoms with Crippen LogP contribution in [0.25, 0.3) is 11.2 Å². The maximum atomic E-state index is 6.20. The van der Waals surface area contributed by atoms with Gasteiger partial charge in [0.25, 0.3) is 0 Å². The van der Waals surface area contributed by atoms with Gasteiger partial charge in [-0.1, -0.05) is 11.6 Å². The number of imidazole rings is 1. The van der Waals surface area contributed by atoms with Crippen molar-refractivity contribution in [2.24, 2.45) is 7.05 Å². The largest absolute Gasteiger partial charge is 0.383 e. The molecule has 24 heavy (non-hydrogen) atoms. The van der Waals surface area contributed by atoms with Crippen LogP contribution < -0.4 is 5.32 Å². The Morgan fingerprint density at radius 1 is 1.38 bits per heavy atom. The summed E-state index contributed by atoms with van der Waals surface area (Å²) in [6.07, 6.45) is 4.91. The van der Waals surface area contributed by atoms with Crippen molar-refractivity contribution >= 4 is 28.5 Å². The molecule has 1 fully saturated rings. The second kappa shape index (κ2) is 6.01. The molecule has 1 aliphatic rings. The van der Waals surface area contributed by atoms with Crippen LogP contribution in [0.4, 0.5) is 5.69 Å². The second-order valence-corrected chi connectivity index (χ2v) is 6.54. The fourth-order valence-corrected chi connectivity index (χ4v) is 3.66. The highest BCUT2D eigenvalue weighted by atomic mass is 35.5. The molecule has 1 N–H and O–H groups in total. The van der Waals surface area contributed by atoms with Gasteiger partial charge in [0, 0.05) is 24.6 Å².